The molecule has 0 amide bonds. The number of quaternary nitrogens is 1. The Kier molecular flexibility index (Phi) is 55.8. The molecule has 0 N–H and O–H groups in total. The number of allylic oxidation sites excluding steroid dienone is 10. The predicted octanol–water partition coefficient (Wildman–Crippen LogP) is 17.9. The molecular weight excluding hydrogens is 947 g/mol. The number of ether oxygens (including phenoxy) is 4. The van der Waals surface area contributed by atoms with Gasteiger partial charge in [-0.1, -0.05) is 254 Å². The van der Waals surface area contributed by atoms with Crippen molar-refractivity contribution >= 4 is 17.9 Å². The lowest BCUT2D eigenvalue weighted by Crippen LogP contribution is -2.44. The molecule has 0 fully saturated rings. The van der Waals surface area contributed by atoms with E-state index in [-0.39, 0.29) is 38.6 Å². The van der Waals surface area contributed by atoms with Crippen LogP contribution < -0.4 is 5.11 Å². The van der Waals surface area contributed by atoms with Crippen molar-refractivity contribution in [2.45, 2.75) is 302 Å². The first kappa shape index (κ1) is 73.0. The molecule has 442 valence electrons. The lowest BCUT2D eigenvalue weighted by Gasteiger charge is -2.26. The monoisotopic (exact) mass is 1070 g/mol. The fourth-order valence-corrected chi connectivity index (χ4v) is 9.05. The molecule has 0 rings (SSSR count). The SMILES string of the molecule is CCCCCC/C=C\C/C=C\CCCCCCCCCC(=O)OCC(COC(OCC[N+](C)(C)C)C(=O)[O-])OC(=O)CCCCCCCCCCCCCCCCCCCC/C=C\C/C=C\C/C=C\CCCCCCC. The lowest BCUT2D eigenvalue weighted by molar-refractivity contribution is -0.870. The molecule has 0 saturated carbocycles. The normalized spacial score (nSPS) is 13.1. The van der Waals surface area contributed by atoms with E-state index in [1.807, 2.05) is 21.1 Å². The van der Waals surface area contributed by atoms with Crippen LogP contribution in [0.15, 0.2) is 60.8 Å². The number of carbonyl (C=O) groups excluding carboxylic acids is 3. The third-order valence-electron chi connectivity index (χ3n) is 14.0. The summed E-state index contributed by atoms with van der Waals surface area (Å²) in [6.07, 6.45) is 71.4. The van der Waals surface area contributed by atoms with Gasteiger partial charge in [0.05, 0.1) is 40.3 Å². The number of rotatable bonds is 59. The van der Waals surface area contributed by atoms with E-state index in [0.717, 1.165) is 64.2 Å². The molecule has 9 nitrogen and oxygen atoms in total. The van der Waals surface area contributed by atoms with Gasteiger partial charge in [0, 0.05) is 12.8 Å². The van der Waals surface area contributed by atoms with Gasteiger partial charge in [0.1, 0.15) is 13.2 Å². The second-order valence-corrected chi connectivity index (χ2v) is 22.7. The van der Waals surface area contributed by atoms with Crippen molar-refractivity contribution in [3.63, 3.8) is 0 Å². The van der Waals surface area contributed by atoms with Crippen LogP contribution in [-0.4, -0.2) is 82.3 Å². The van der Waals surface area contributed by atoms with Gasteiger partial charge in [0.25, 0.3) is 0 Å². The summed E-state index contributed by atoms with van der Waals surface area (Å²) in [6, 6.07) is 0. The molecule has 0 spiro atoms. The Bertz CT molecular complexity index is 1430. The van der Waals surface area contributed by atoms with Crippen LogP contribution in [0.2, 0.25) is 0 Å². The van der Waals surface area contributed by atoms with E-state index in [1.165, 1.54) is 193 Å². The topological polar surface area (TPSA) is 111 Å². The van der Waals surface area contributed by atoms with Crippen molar-refractivity contribution < 1.29 is 42.9 Å². The maximum Gasteiger partial charge on any atom is 0.306 e. The minimum absolute atomic E-state index is 0.146. The molecule has 76 heavy (non-hydrogen) atoms. The zero-order chi connectivity index (χ0) is 55.5. The van der Waals surface area contributed by atoms with E-state index in [9.17, 15) is 19.5 Å². The van der Waals surface area contributed by atoms with Crippen molar-refractivity contribution in [3.05, 3.63) is 60.8 Å². The van der Waals surface area contributed by atoms with E-state index < -0.39 is 24.3 Å². The first-order valence-corrected chi connectivity index (χ1v) is 31.9. The summed E-state index contributed by atoms with van der Waals surface area (Å²) < 4.78 is 22.7. The van der Waals surface area contributed by atoms with Gasteiger partial charge < -0.3 is 33.3 Å². The van der Waals surface area contributed by atoms with Gasteiger partial charge >= 0.3 is 11.9 Å². The highest BCUT2D eigenvalue weighted by Crippen LogP contribution is 2.17. The minimum Gasteiger partial charge on any atom is -0.545 e. The van der Waals surface area contributed by atoms with Crippen LogP contribution in [0.4, 0.5) is 0 Å². The second-order valence-electron chi connectivity index (χ2n) is 22.7. The van der Waals surface area contributed by atoms with E-state index in [0.29, 0.717) is 17.4 Å². The highest BCUT2D eigenvalue weighted by atomic mass is 16.7. The first-order chi connectivity index (χ1) is 37.1. The molecule has 0 saturated heterocycles. The van der Waals surface area contributed by atoms with Gasteiger partial charge in [-0.05, 0) is 83.5 Å². The number of likely N-dealkylation sites (N-methyl/N-ethyl adjacent to an activating group) is 1. The summed E-state index contributed by atoms with van der Waals surface area (Å²) in [5, 5.41) is 11.8. The van der Waals surface area contributed by atoms with Gasteiger partial charge in [-0.25, -0.2) is 0 Å². The number of hydrogen-bond acceptors (Lipinski definition) is 8. The molecule has 9 heteroatoms. The molecule has 2 unspecified atom stereocenters. The van der Waals surface area contributed by atoms with Crippen LogP contribution in [-0.2, 0) is 33.3 Å². The zero-order valence-electron chi connectivity index (χ0n) is 50.4. The number of carboxylic acids is 1. The molecule has 0 aliphatic heterocycles. The Hall–Kier alpha value is -3.01. The summed E-state index contributed by atoms with van der Waals surface area (Å²) in [6.45, 7) is 4.74. The van der Waals surface area contributed by atoms with Crippen LogP contribution >= 0.6 is 0 Å². The molecular formula is C67H121NO8. The predicted molar refractivity (Wildman–Crippen MR) is 320 cm³/mol. The molecule has 0 aromatic rings. The van der Waals surface area contributed by atoms with Crippen molar-refractivity contribution in [1.82, 2.24) is 0 Å². The van der Waals surface area contributed by atoms with Crippen LogP contribution in [0.25, 0.3) is 0 Å². The summed E-state index contributed by atoms with van der Waals surface area (Å²) in [7, 11) is 5.93. The van der Waals surface area contributed by atoms with Crippen LogP contribution in [0.3, 0.4) is 0 Å². The summed E-state index contributed by atoms with van der Waals surface area (Å²) in [5.41, 5.74) is 0. The highest BCUT2D eigenvalue weighted by molar-refractivity contribution is 5.70. The Balaban J connectivity index is 4.11. The van der Waals surface area contributed by atoms with Crippen LogP contribution in [0.5, 0.6) is 0 Å². The summed E-state index contributed by atoms with van der Waals surface area (Å²) in [5.74, 6) is -2.28. The standard InChI is InChI=1S/C67H121NO8/c1-6-8-10-12-14-16-18-20-22-24-26-27-28-29-30-31-32-33-34-35-36-37-38-39-40-42-44-46-48-50-52-54-56-58-65(70)76-63(62-75-67(66(71)72)73-60-59-68(3,4)5)61-74-64(69)57-55-53-51-49-47-45-43-41-25-23-21-19-17-15-13-11-9-7-2/h17-20,23-26,28-29,63,67H,6-16,21-22,27,30-62H2,1-5H3/b19-17-,20-18-,25-23-,26-24-,29-28-. The maximum absolute atomic E-state index is 12.9. The third kappa shape index (κ3) is 58.7. The zero-order valence-corrected chi connectivity index (χ0v) is 50.4. The Labute approximate surface area is 469 Å². The summed E-state index contributed by atoms with van der Waals surface area (Å²) in [4.78, 5) is 37.3. The van der Waals surface area contributed by atoms with Crippen molar-refractivity contribution in [1.29, 1.82) is 0 Å². The molecule has 0 aromatic heterocycles. The van der Waals surface area contributed by atoms with E-state index >= 15 is 0 Å². The number of nitrogens with zero attached hydrogens (tertiary/aromatic N) is 1. The average molecular weight is 1070 g/mol. The molecule has 0 heterocycles. The summed E-state index contributed by atoms with van der Waals surface area (Å²) >= 11 is 0. The Morgan fingerprint density at radius 3 is 1.07 bits per heavy atom. The fraction of sp³-hybridized carbons (Fsp3) is 0.806. The first-order valence-electron chi connectivity index (χ1n) is 31.9. The Morgan fingerprint density at radius 1 is 0.395 bits per heavy atom. The maximum atomic E-state index is 12.9. The number of carbonyl (C=O) groups is 3. The second kappa shape index (κ2) is 58.1. The van der Waals surface area contributed by atoms with Crippen molar-refractivity contribution in [2.75, 3.05) is 47.5 Å². The van der Waals surface area contributed by atoms with Crippen molar-refractivity contribution in [3.8, 4) is 0 Å². The van der Waals surface area contributed by atoms with Gasteiger partial charge in [0.2, 0.25) is 0 Å². The number of hydrogen-bond donors (Lipinski definition) is 0. The highest BCUT2D eigenvalue weighted by Gasteiger charge is 2.22. The Morgan fingerprint density at radius 2 is 0.711 bits per heavy atom. The van der Waals surface area contributed by atoms with Gasteiger partial charge in [-0.2, -0.15) is 0 Å². The number of aliphatic carboxylic acids is 1. The molecule has 0 aliphatic rings. The lowest BCUT2D eigenvalue weighted by atomic mass is 10.0. The molecule has 0 radical (unpaired) electrons. The van der Waals surface area contributed by atoms with Crippen LogP contribution in [0, 0.1) is 0 Å². The quantitative estimate of drug-likeness (QED) is 0.0195. The number of unbranched alkanes of at least 4 members (excludes halogenated alkanes) is 34. The number of esters is 2. The van der Waals surface area contributed by atoms with E-state index in [4.69, 9.17) is 18.9 Å². The fourth-order valence-electron chi connectivity index (χ4n) is 9.05. The largest absolute Gasteiger partial charge is 0.545 e. The molecule has 2 atom stereocenters. The van der Waals surface area contributed by atoms with Gasteiger partial charge in [0.15, 0.2) is 12.4 Å². The molecule has 0 aromatic carbocycles. The number of carboxylic acid groups (broad SMARTS) is 1. The molecule has 0 aliphatic carbocycles. The molecule has 0 bridgehead atoms. The van der Waals surface area contributed by atoms with Gasteiger partial charge in [-0.3, -0.25) is 9.59 Å². The van der Waals surface area contributed by atoms with E-state index in [2.05, 4.69) is 74.6 Å². The smallest absolute Gasteiger partial charge is 0.306 e. The van der Waals surface area contributed by atoms with Gasteiger partial charge in [-0.15, -0.1) is 0 Å². The van der Waals surface area contributed by atoms with Crippen LogP contribution in [0.1, 0.15) is 290 Å². The average Bonchev–Trinajstić information content (AvgIpc) is 3.39. The van der Waals surface area contributed by atoms with Crippen molar-refractivity contribution in [2.24, 2.45) is 0 Å². The third-order valence-corrected chi connectivity index (χ3v) is 14.0. The van der Waals surface area contributed by atoms with E-state index in [1.54, 1.807) is 0 Å². The minimum atomic E-state index is -1.62.